The second kappa shape index (κ2) is 5.94. The Labute approximate surface area is 112 Å². The summed E-state index contributed by atoms with van der Waals surface area (Å²) in [6.07, 6.45) is 3.24. The second-order valence-corrected chi connectivity index (χ2v) is 4.89. The third kappa shape index (κ3) is 3.79. The van der Waals surface area contributed by atoms with Gasteiger partial charge in [0.25, 0.3) is 0 Å². The van der Waals surface area contributed by atoms with Crippen molar-refractivity contribution in [1.82, 2.24) is 9.97 Å². The van der Waals surface area contributed by atoms with Crippen LogP contribution in [0.2, 0.25) is 5.02 Å². The standard InChI is InChI=1S/C14H16ClN3/c1-10(16)7-14-17-6-5-13(18-14)9-11-3-2-4-12(15)8-11/h2-6,8,10H,7,9,16H2,1H3. The molecule has 0 aliphatic rings. The molecule has 1 heterocycles. The molecule has 0 spiro atoms. The first-order valence-corrected chi connectivity index (χ1v) is 6.32. The van der Waals surface area contributed by atoms with Gasteiger partial charge in [-0.1, -0.05) is 23.7 Å². The maximum absolute atomic E-state index is 5.96. The van der Waals surface area contributed by atoms with Gasteiger partial charge in [-0.05, 0) is 30.7 Å². The van der Waals surface area contributed by atoms with E-state index in [1.54, 1.807) is 6.20 Å². The van der Waals surface area contributed by atoms with Crippen LogP contribution in [0, 0.1) is 0 Å². The average molecular weight is 262 g/mol. The molecule has 0 aliphatic heterocycles. The van der Waals surface area contributed by atoms with E-state index in [0.29, 0.717) is 6.42 Å². The maximum Gasteiger partial charge on any atom is 0.130 e. The Hall–Kier alpha value is -1.45. The summed E-state index contributed by atoms with van der Waals surface area (Å²) in [6, 6.07) is 9.81. The number of halogens is 1. The summed E-state index contributed by atoms with van der Waals surface area (Å²) < 4.78 is 0. The Bertz CT molecular complexity index is 526. The van der Waals surface area contributed by atoms with E-state index in [0.717, 1.165) is 28.5 Å². The van der Waals surface area contributed by atoms with Gasteiger partial charge in [0, 0.05) is 35.8 Å². The van der Waals surface area contributed by atoms with Crippen LogP contribution in [0.1, 0.15) is 24.0 Å². The highest BCUT2D eigenvalue weighted by molar-refractivity contribution is 6.30. The normalized spacial score (nSPS) is 12.4. The largest absolute Gasteiger partial charge is 0.328 e. The minimum Gasteiger partial charge on any atom is -0.328 e. The predicted octanol–water partition coefficient (Wildman–Crippen LogP) is 2.61. The molecule has 1 unspecified atom stereocenters. The van der Waals surface area contributed by atoms with Crippen LogP contribution in [-0.4, -0.2) is 16.0 Å². The fourth-order valence-electron chi connectivity index (χ4n) is 1.78. The maximum atomic E-state index is 5.96. The number of benzene rings is 1. The zero-order valence-corrected chi connectivity index (χ0v) is 11.1. The quantitative estimate of drug-likeness (QED) is 0.921. The minimum absolute atomic E-state index is 0.0754. The molecule has 1 aromatic carbocycles. The van der Waals surface area contributed by atoms with E-state index < -0.39 is 0 Å². The van der Waals surface area contributed by atoms with E-state index in [1.165, 1.54) is 0 Å². The van der Waals surface area contributed by atoms with Crippen LogP contribution in [0.25, 0.3) is 0 Å². The summed E-state index contributed by atoms with van der Waals surface area (Å²) in [4.78, 5) is 8.73. The summed E-state index contributed by atoms with van der Waals surface area (Å²) in [7, 11) is 0. The van der Waals surface area contributed by atoms with Crippen molar-refractivity contribution < 1.29 is 0 Å². The van der Waals surface area contributed by atoms with Gasteiger partial charge in [0.1, 0.15) is 5.82 Å². The summed E-state index contributed by atoms with van der Waals surface area (Å²) in [5, 5.41) is 0.748. The van der Waals surface area contributed by atoms with Crippen molar-refractivity contribution in [2.24, 2.45) is 5.73 Å². The first-order valence-electron chi connectivity index (χ1n) is 5.94. The van der Waals surface area contributed by atoms with Gasteiger partial charge in [-0.3, -0.25) is 0 Å². The lowest BCUT2D eigenvalue weighted by Crippen LogP contribution is -2.19. The lowest BCUT2D eigenvalue weighted by molar-refractivity contribution is 0.697. The van der Waals surface area contributed by atoms with Crippen molar-refractivity contribution in [1.29, 1.82) is 0 Å². The molecule has 3 nitrogen and oxygen atoms in total. The van der Waals surface area contributed by atoms with Crippen molar-refractivity contribution in [2.45, 2.75) is 25.8 Å². The molecule has 4 heteroatoms. The molecule has 0 saturated carbocycles. The Morgan fingerprint density at radius 2 is 2.17 bits per heavy atom. The number of hydrogen-bond donors (Lipinski definition) is 1. The minimum atomic E-state index is 0.0754. The van der Waals surface area contributed by atoms with Gasteiger partial charge >= 0.3 is 0 Å². The van der Waals surface area contributed by atoms with Crippen LogP contribution in [0.3, 0.4) is 0 Å². The monoisotopic (exact) mass is 261 g/mol. The Kier molecular flexibility index (Phi) is 4.28. The number of aromatic nitrogens is 2. The van der Waals surface area contributed by atoms with Gasteiger partial charge < -0.3 is 5.73 Å². The van der Waals surface area contributed by atoms with Crippen LogP contribution in [0.15, 0.2) is 36.5 Å². The fourth-order valence-corrected chi connectivity index (χ4v) is 1.99. The zero-order chi connectivity index (χ0) is 13.0. The van der Waals surface area contributed by atoms with Crippen LogP contribution in [0.4, 0.5) is 0 Å². The number of nitrogens with zero attached hydrogens (tertiary/aromatic N) is 2. The van der Waals surface area contributed by atoms with E-state index in [9.17, 15) is 0 Å². The Balaban J connectivity index is 2.14. The Morgan fingerprint density at radius 1 is 1.33 bits per heavy atom. The molecule has 0 radical (unpaired) electrons. The second-order valence-electron chi connectivity index (χ2n) is 4.45. The number of hydrogen-bond acceptors (Lipinski definition) is 3. The molecule has 94 valence electrons. The van der Waals surface area contributed by atoms with E-state index in [4.69, 9.17) is 17.3 Å². The molecule has 0 aliphatic carbocycles. The van der Waals surface area contributed by atoms with Crippen LogP contribution in [0.5, 0.6) is 0 Å². The average Bonchev–Trinajstić information content (AvgIpc) is 2.28. The van der Waals surface area contributed by atoms with Crippen LogP contribution < -0.4 is 5.73 Å². The molecule has 18 heavy (non-hydrogen) atoms. The van der Waals surface area contributed by atoms with Gasteiger partial charge in [0.2, 0.25) is 0 Å². The molecule has 2 aromatic rings. The van der Waals surface area contributed by atoms with Crippen LogP contribution >= 0.6 is 11.6 Å². The highest BCUT2D eigenvalue weighted by Gasteiger charge is 2.04. The highest BCUT2D eigenvalue weighted by atomic mass is 35.5. The van der Waals surface area contributed by atoms with Crippen molar-refractivity contribution in [2.75, 3.05) is 0 Å². The smallest absolute Gasteiger partial charge is 0.130 e. The van der Waals surface area contributed by atoms with E-state index in [2.05, 4.69) is 9.97 Å². The van der Waals surface area contributed by atoms with Crippen molar-refractivity contribution in [3.63, 3.8) is 0 Å². The molecule has 0 bridgehead atoms. The molecule has 1 atom stereocenters. The van der Waals surface area contributed by atoms with E-state index in [-0.39, 0.29) is 6.04 Å². The van der Waals surface area contributed by atoms with Gasteiger partial charge in [-0.2, -0.15) is 0 Å². The van der Waals surface area contributed by atoms with Crippen molar-refractivity contribution in [3.8, 4) is 0 Å². The van der Waals surface area contributed by atoms with Gasteiger partial charge in [0.15, 0.2) is 0 Å². The lowest BCUT2D eigenvalue weighted by Gasteiger charge is -2.06. The molecule has 0 amide bonds. The first kappa shape index (κ1) is 13.0. The van der Waals surface area contributed by atoms with E-state index in [1.807, 2.05) is 37.3 Å². The number of rotatable bonds is 4. The lowest BCUT2D eigenvalue weighted by atomic mass is 10.1. The molecular formula is C14H16ClN3. The van der Waals surface area contributed by atoms with Gasteiger partial charge in [-0.25, -0.2) is 9.97 Å². The number of nitrogens with two attached hydrogens (primary N) is 1. The van der Waals surface area contributed by atoms with Crippen LogP contribution in [-0.2, 0) is 12.8 Å². The van der Waals surface area contributed by atoms with E-state index >= 15 is 0 Å². The SMILES string of the molecule is CC(N)Cc1nccc(Cc2cccc(Cl)c2)n1. The van der Waals surface area contributed by atoms with Crippen molar-refractivity contribution in [3.05, 3.63) is 58.6 Å². The topological polar surface area (TPSA) is 51.8 Å². The highest BCUT2D eigenvalue weighted by Crippen LogP contribution is 2.13. The summed E-state index contributed by atoms with van der Waals surface area (Å²) in [6.45, 7) is 1.95. The molecule has 2 N–H and O–H groups in total. The third-order valence-corrected chi connectivity index (χ3v) is 2.78. The summed E-state index contributed by atoms with van der Waals surface area (Å²) >= 11 is 5.96. The summed E-state index contributed by atoms with van der Waals surface area (Å²) in [5.74, 6) is 0.796. The Morgan fingerprint density at radius 3 is 2.89 bits per heavy atom. The molecule has 1 aromatic heterocycles. The summed E-state index contributed by atoms with van der Waals surface area (Å²) in [5.41, 5.74) is 7.88. The predicted molar refractivity (Wildman–Crippen MR) is 73.6 cm³/mol. The fraction of sp³-hybridized carbons (Fsp3) is 0.286. The van der Waals surface area contributed by atoms with Gasteiger partial charge in [-0.15, -0.1) is 0 Å². The molecule has 2 rings (SSSR count). The zero-order valence-electron chi connectivity index (χ0n) is 10.3. The van der Waals surface area contributed by atoms with Gasteiger partial charge in [0.05, 0.1) is 0 Å². The first-order chi connectivity index (χ1) is 8.63. The molecule has 0 fully saturated rings. The molecule has 0 saturated heterocycles. The third-order valence-electron chi connectivity index (χ3n) is 2.54. The van der Waals surface area contributed by atoms with Crippen molar-refractivity contribution >= 4 is 11.6 Å². The molecular weight excluding hydrogens is 246 g/mol.